The maximum absolute atomic E-state index is 12.8. The summed E-state index contributed by atoms with van der Waals surface area (Å²) >= 11 is 0. The third-order valence-electron chi connectivity index (χ3n) is 6.66. The van der Waals surface area contributed by atoms with Gasteiger partial charge in [-0.3, -0.25) is 9.59 Å². The molecule has 0 saturated heterocycles. The summed E-state index contributed by atoms with van der Waals surface area (Å²) in [7, 11) is 0. The van der Waals surface area contributed by atoms with E-state index in [1.165, 1.54) is 77.0 Å². The lowest BCUT2D eigenvalue weighted by atomic mass is 9.65. The first-order valence-corrected chi connectivity index (χ1v) is 13.0. The van der Waals surface area contributed by atoms with Crippen LogP contribution in [0.1, 0.15) is 138 Å². The number of hydrogen-bond donors (Lipinski definition) is 0. The lowest BCUT2D eigenvalue weighted by molar-refractivity contribution is -0.145. The summed E-state index contributed by atoms with van der Waals surface area (Å²) in [5.41, 5.74) is -0.769. The standard InChI is InChI=1S/C28H52O2/c1-7-8-9-10-11-12-13-14-15-16-17-18-19-20-21-22-23-28(25(4)5,26(6)29)27(30)24(2)3/h14-15,24-25H,7-13,16-23H2,1-6H3. The molecule has 0 bridgehead atoms. The van der Waals surface area contributed by atoms with E-state index in [2.05, 4.69) is 19.1 Å². The molecule has 0 radical (unpaired) electrons. The molecule has 1 atom stereocenters. The van der Waals surface area contributed by atoms with Gasteiger partial charge in [-0.15, -0.1) is 0 Å². The van der Waals surface area contributed by atoms with Crippen molar-refractivity contribution < 1.29 is 9.59 Å². The van der Waals surface area contributed by atoms with E-state index in [0.717, 1.165) is 19.3 Å². The Morgan fingerprint density at radius 3 is 1.53 bits per heavy atom. The third-order valence-corrected chi connectivity index (χ3v) is 6.66. The van der Waals surface area contributed by atoms with E-state index >= 15 is 0 Å². The SMILES string of the molecule is CCCCCCCCC=CCCCCCCCCC(C(C)=O)(C(=O)C(C)C)C(C)C. The Kier molecular flexibility index (Phi) is 17.2. The first-order chi connectivity index (χ1) is 14.3. The summed E-state index contributed by atoms with van der Waals surface area (Å²) in [5, 5.41) is 0. The van der Waals surface area contributed by atoms with Gasteiger partial charge in [-0.05, 0) is 44.9 Å². The number of Topliss-reactive ketones (excluding diaryl/α,β-unsaturated/α-hetero) is 2. The Balaban J connectivity index is 3.89. The summed E-state index contributed by atoms with van der Waals surface area (Å²) < 4.78 is 0. The summed E-state index contributed by atoms with van der Waals surface area (Å²) in [4.78, 5) is 25.2. The third kappa shape index (κ3) is 11.5. The highest BCUT2D eigenvalue weighted by Gasteiger charge is 2.45. The first-order valence-electron chi connectivity index (χ1n) is 13.0. The molecule has 0 fully saturated rings. The molecule has 0 saturated carbocycles. The zero-order chi connectivity index (χ0) is 22.8. The van der Waals surface area contributed by atoms with Crippen molar-refractivity contribution >= 4 is 11.6 Å². The van der Waals surface area contributed by atoms with Gasteiger partial charge < -0.3 is 0 Å². The molecule has 2 heteroatoms. The van der Waals surface area contributed by atoms with Gasteiger partial charge in [0.1, 0.15) is 11.6 Å². The predicted octanol–water partition coefficient (Wildman–Crippen LogP) is 8.87. The Morgan fingerprint density at radius 2 is 1.13 bits per heavy atom. The van der Waals surface area contributed by atoms with Crippen molar-refractivity contribution in [3.8, 4) is 0 Å². The van der Waals surface area contributed by atoms with Crippen molar-refractivity contribution in [2.24, 2.45) is 17.3 Å². The molecule has 1 unspecified atom stereocenters. The van der Waals surface area contributed by atoms with Crippen LogP contribution in [-0.2, 0) is 9.59 Å². The molecule has 0 N–H and O–H groups in total. The molecule has 2 nitrogen and oxygen atoms in total. The topological polar surface area (TPSA) is 34.1 Å². The van der Waals surface area contributed by atoms with Crippen molar-refractivity contribution in [3.63, 3.8) is 0 Å². The van der Waals surface area contributed by atoms with Crippen molar-refractivity contribution in [2.45, 2.75) is 138 Å². The van der Waals surface area contributed by atoms with E-state index in [0.29, 0.717) is 0 Å². The summed E-state index contributed by atoms with van der Waals surface area (Å²) in [6.45, 7) is 11.8. The van der Waals surface area contributed by atoms with Gasteiger partial charge in [0.15, 0.2) is 0 Å². The van der Waals surface area contributed by atoms with Crippen molar-refractivity contribution in [3.05, 3.63) is 12.2 Å². The average molecular weight is 421 g/mol. The van der Waals surface area contributed by atoms with Crippen LogP contribution in [-0.4, -0.2) is 11.6 Å². The Bertz CT molecular complexity index is 475. The highest BCUT2D eigenvalue weighted by Crippen LogP contribution is 2.38. The van der Waals surface area contributed by atoms with E-state index in [1.807, 2.05) is 27.7 Å². The van der Waals surface area contributed by atoms with E-state index < -0.39 is 5.41 Å². The molecule has 0 aliphatic rings. The maximum atomic E-state index is 12.8. The average Bonchev–Trinajstić information content (AvgIpc) is 2.69. The predicted molar refractivity (Wildman–Crippen MR) is 132 cm³/mol. The molecule has 176 valence electrons. The molecule has 30 heavy (non-hydrogen) atoms. The summed E-state index contributed by atoms with van der Waals surface area (Å²) in [6, 6.07) is 0. The molecule has 0 heterocycles. The second kappa shape index (κ2) is 17.7. The zero-order valence-electron chi connectivity index (χ0n) is 21.2. The Labute approximate surface area is 188 Å². The number of rotatable bonds is 20. The Hall–Kier alpha value is -0.920. The van der Waals surface area contributed by atoms with Crippen LogP contribution in [0.4, 0.5) is 0 Å². The van der Waals surface area contributed by atoms with E-state index in [9.17, 15) is 9.59 Å². The van der Waals surface area contributed by atoms with Crippen LogP contribution in [0.15, 0.2) is 12.2 Å². The van der Waals surface area contributed by atoms with Crippen LogP contribution in [0.25, 0.3) is 0 Å². The van der Waals surface area contributed by atoms with Crippen LogP contribution in [0.3, 0.4) is 0 Å². The molecule has 0 spiro atoms. The normalized spacial score (nSPS) is 14.0. The quantitative estimate of drug-likeness (QED) is 0.112. The maximum Gasteiger partial charge on any atom is 0.149 e. The van der Waals surface area contributed by atoms with Crippen molar-refractivity contribution in [2.75, 3.05) is 0 Å². The fourth-order valence-electron chi connectivity index (χ4n) is 4.62. The van der Waals surface area contributed by atoms with Crippen LogP contribution < -0.4 is 0 Å². The molecular formula is C28H52O2. The van der Waals surface area contributed by atoms with Crippen molar-refractivity contribution in [1.29, 1.82) is 0 Å². The number of unbranched alkanes of at least 4 members (excludes halogenated alkanes) is 12. The minimum atomic E-state index is -0.769. The van der Waals surface area contributed by atoms with Crippen LogP contribution in [0.2, 0.25) is 0 Å². The van der Waals surface area contributed by atoms with Gasteiger partial charge in [0.05, 0.1) is 5.41 Å². The van der Waals surface area contributed by atoms with Crippen LogP contribution >= 0.6 is 0 Å². The lowest BCUT2D eigenvalue weighted by Gasteiger charge is -2.35. The summed E-state index contributed by atoms with van der Waals surface area (Å²) in [5.74, 6) is 0.195. The number of carbonyl (C=O) groups excluding carboxylic acids is 2. The van der Waals surface area contributed by atoms with Gasteiger partial charge in [0.25, 0.3) is 0 Å². The van der Waals surface area contributed by atoms with E-state index in [4.69, 9.17) is 0 Å². The van der Waals surface area contributed by atoms with E-state index in [1.54, 1.807) is 6.92 Å². The molecule has 0 aromatic rings. The smallest absolute Gasteiger partial charge is 0.149 e. The monoisotopic (exact) mass is 420 g/mol. The molecule has 0 amide bonds. The molecular weight excluding hydrogens is 368 g/mol. The zero-order valence-corrected chi connectivity index (χ0v) is 21.2. The molecule has 0 rings (SSSR count). The minimum absolute atomic E-state index is 0.0592. The highest BCUT2D eigenvalue weighted by atomic mass is 16.2. The van der Waals surface area contributed by atoms with Crippen LogP contribution in [0, 0.1) is 17.3 Å². The molecule has 0 aromatic heterocycles. The first kappa shape index (κ1) is 29.1. The summed E-state index contributed by atoms with van der Waals surface area (Å²) in [6.07, 6.45) is 23.3. The minimum Gasteiger partial charge on any atom is -0.299 e. The van der Waals surface area contributed by atoms with Gasteiger partial charge in [-0.25, -0.2) is 0 Å². The largest absolute Gasteiger partial charge is 0.299 e. The molecule has 0 aliphatic carbocycles. The van der Waals surface area contributed by atoms with Gasteiger partial charge in [-0.2, -0.15) is 0 Å². The Morgan fingerprint density at radius 1 is 0.700 bits per heavy atom. The van der Waals surface area contributed by atoms with Gasteiger partial charge >= 0.3 is 0 Å². The second-order valence-electron chi connectivity index (χ2n) is 9.89. The van der Waals surface area contributed by atoms with Gasteiger partial charge in [-0.1, -0.05) is 111 Å². The second-order valence-corrected chi connectivity index (χ2v) is 9.89. The fourth-order valence-corrected chi connectivity index (χ4v) is 4.62. The fraction of sp³-hybridized carbons (Fsp3) is 0.857. The number of hydrogen-bond acceptors (Lipinski definition) is 2. The van der Waals surface area contributed by atoms with Gasteiger partial charge in [0.2, 0.25) is 0 Å². The number of ketones is 2. The van der Waals surface area contributed by atoms with Crippen LogP contribution in [0.5, 0.6) is 0 Å². The van der Waals surface area contributed by atoms with Crippen molar-refractivity contribution in [1.82, 2.24) is 0 Å². The molecule has 0 aliphatic heterocycles. The number of allylic oxidation sites excluding steroid dienone is 2. The molecule has 0 aromatic carbocycles. The van der Waals surface area contributed by atoms with Gasteiger partial charge in [0, 0.05) is 5.92 Å². The highest BCUT2D eigenvalue weighted by molar-refractivity contribution is 6.07. The lowest BCUT2D eigenvalue weighted by Crippen LogP contribution is -2.45. The van der Waals surface area contributed by atoms with E-state index in [-0.39, 0.29) is 23.4 Å². The number of carbonyl (C=O) groups is 2.